The zero-order chi connectivity index (χ0) is 22.8. The first-order valence-electron chi connectivity index (χ1n) is 11.6. The number of anilines is 1. The number of fused-ring (bicyclic) bond motifs is 1. The summed E-state index contributed by atoms with van der Waals surface area (Å²) in [5, 5.41) is 8.82. The number of nitrogens with zero attached hydrogens (tertiary/aromatic N) is 3. The second-order valence-electron chi connectivity index (χ2n) is 9.20. The Kier molecular flexibility index (Phi) is 7.01. The molecule has 0 radical (unpaired) electrons. The number of halogens is 1. The fraction of sp³-hybridized carbons (Fsp3) is 0.500. The Morgan fingerprint density at radius 1 is 1.24 bits per heavy atom. The number of aromatic nitrogens is 2. The predicted molar refractivity (Wildman–Crippen MR) is 137 cm³/mol. The molecule has 3 aromatic rings. The first kappa shape index (κ1) is 22.8. The highest BCUT2D eigenvalue weighted by molar-refractivity contribution is 9.10. The third kappa shape index (κ3) is 5.26. The molecule has 7 nitrogen and oxygen atoms in total. The fourth-order valence-corrected chi connectivity index (χ4v) is 6.01. The van der Waals surface area contributed by atoms with Gasteiger partial charge in [0.25, 0.3) is 5.56 Å². The van der Waals surface area contributed by atoms with E-state index in [0.29, 0.717) is 27.1 Å². The van der Waals surface area contributed by atoms with Crippen molar-refractivity contribution in [3.63, 3.8) is 0 Å². The number of rotatable bonds is 6. The number of likely N-dealkylation sites (tertiary alicyclic amines) is 1. The van der Waals surface area contributed by atoms with Gasteiger partial charge in [-0.2, -0.15) is 0 Å². The van der Waals surface area contributed by atoms with Crippen LogP contribution in [0.15, 0.2) is 45.1 Å². The Bertz CT molecular complexity index is 1140. The number of likely N-dealkylation sites (N-methyl/N-ethyl adjacent to an activating group) is 1. The largest absolute Gasteiger partial charge is 0.493 e. The highest BCUT2D eigenvalue weighted by Crippen LogP contribution is 2.30. The number of piperidine rings is 2. The van der Waals surface area contributed by atoms with Gasteiger partial charge in [-0.3, -0.25) is 9.20 Å². The van der Waals surface area contributed by atoms with Gasteiger partial charge in [0.15, 0.2) is 4.96 Å². The van der Waals surface area contributed by atoms with Crippen LogP contribution < -0.4 is 20.9 Å². The molecular weight excluding hydrogens is 502 g/mol. The summed E-state index contributed by atoms with van der Waals surface area (Å²) in [5.74, 6) is 2.64. The molecule has 2 N–H and O–H groups in total. The van der Waals surface area contributed by atoms with Crippen molar-refractivity contribution in [2.24, 2.45) is 5.92 Å². The van der Waals surface area contributed by atoms with E-state index >= 15 is 0 Å². The minimum absolute atomic E-state index is 0.0791. The number of benzene rings is 1. The van der Waals surface area contributed by atoms with Crippen molar-refractivity contribution in [3.05, 3.63) is 56.2 Å². The van der Waals surface area contributed by atoms with Gasteiger partial charge in [-0.05, 0) is 84.9 Å². The first-order chi connectivity index (χ1) is 16.1. The summed E-state index contributed by atoms with van der Waals surface area (Å²) in [6.45, 7) is 4.91. The van der Waals surface area contributed by atoms with Crippen molar-refractivity contribution >= 4 is 38.0 Å². The van der Waals surface area contributed by atoms with E-state index in [4.69, 9.17) is 4.74 Å². The van der Waals surface area contributed by atoms with Crippen LogP contribution in [-0.4, -0.2) is 60.2 Å². The monoisotopic (exact) mass is 531 g/mol. The van der Waals surface area contributed by atoms with Crippen LogP contribution >= 0.6 is 27.3 Å². The van der Waals surface area contributed by atoms with Crippen molar-refractivity contribution in [3.8, 4) is 5.75 Å². The summed E-state index contributed by atoms with van der Waals surface area (Å²) >= 11 is 4.92. The van der Waals surface area contributed by atoms with E-state index in [1.807, 2.05) is 5.38 Å². The number of hydrogen-bond acceptors (Lipinski definition) is 7. The lowest BCUT2D eigenvalue weighted by Gasteiger charge is -2.36. The molecule has 33 heavy (non-hydrogen) atoms. The van der Waals surface area contributed by atoms with E-state index in [9.17, 15) is 4.79 Å². The Hall–Kier alpha value is -1.94. The Labute approximate surface area is 206 Å². The third-order valence-corrected chi connectivity index (χ3v) is 8.15. The minimum Gasteiger partial charge on any atom is -0.493 e. The van der Waals surface area contributed by atoms with E-state index in [1.54, 1.807) is 10.6 Å². The summed E-state index contributed by atoms with van der Waals surface area (Å²) in [6.07, 6.45) is 5.13. The molecule has 2 saturated heterocycles. The van der Waals surface area contributed by atoms with Gasteiger partial charge in [0.1, 0.15) is 16.0 Å². The standard InChI is InChI=1S/C24H30BrN5O2S/c1-29-13-18(17-2-4-20(5-3-17)32-15-16-6-8-26-9-7-16)12-19(14-29)27-22-21(25)23(31)30-10-11-33-24(30)28-22/h2-5,10-11,16,18-19,26-27H,6-9,12-15H2,1H3/t18-,19+/m0/s1. The third-order valence-electron chi connectivity index (χ3n) is 6.68. The number of hydrogen-bond donors (Lipinski definition) is 2. The molecule has 4 heterocycles. The van der Waals surface area contributed by atoms with Crippen molar-refractivity contribution in [1.82, 2.24) is 19.6 Å². The molecule has 2 aliphatic heterocycles. The zero-order valence-corrected chi connectivity index (χ0v) is 21.2. The molecule has 1 aromatic carbocycles. The van der Waals surface area contributed by atoms with E-state index in [1.165, 1.54) is 29.7 Å². The maximum absolute atomic E-state index is 12.6. The second-order valence-corrected chi connectivity index (χ2v) is 10.9. The van der Waals surface area contributed by atoms with Crippen LogP contribution in [-0.2, 0) is 0 Å². The molecule has 0 amide bonds. The highest BCUT2D eigenvalue weighted by atomic mass is 79.9. The van der Waals surface area contributed by atoms with Crippen LogP contribution in [0.25, 0.3) is 4.96 Å². The number of ether oxygens (including phenoxy) is 1. The van der Waals surface area contributed by atoms with Crippen molar-refractivity contribution in [1.29, 1.82) is 0 Å². The molecule has 0 unspecified atom stereocenters. The van der Waals surface area contributed by atoms with Gasteiger partial charge >= 0.3 is 0 Å². The maximum atomic E-state index is 12.6. The SMILES string of the molecule is CN1C[C@H](Nc2nc3sccn3c(=O)c2Br)C[C@H](c2ccc(OCC3CCNCC3)cc2)C1. The molecule has 0 spiro atoms. The molecule has 2 fully saturated rings. The van der Waals surface area contributed by atoms with Crippen LogP contribution in [0.1, 0.15) is 30.7 Å². The van der Waals surface area contributed by atoms with Crippen LogP contribution in [0.5, 0.6) is 5.75 Å². The van der Waals surface area contributed by atoms with Gasteiger partial charge in [-0.15, -0.1) is 11.3 Å². The lowest BCUT2D eigenvalue weighted by atomic mass is 9.88. The first-order valence-corrected chi connectivity index (χ1v) is 13.3. The summed E-state index contributed by atoms with van der Waals surface area (Å²) in [4.78, 5) is 20.3. The van der Waals surface area contributed by atoms with E-state index in [-0.39, 0.29) is 11.6 Å². The molecule has 9 heteroatoms. The molecule has 2 aliphatic rings. The molecule has 0 aliphatic carbocycles. The molecule has 176 valence electrons. The topological polar surface area (TPSA) is 70.9 Å². The van der Waals surface area contributed by atoms with E-state index < -0.39 is 0 Å². The van der Waals surface area contributed by atoms with Gasteiger partial charge in [0, 0.05) is 30.7 Å². The molecule has 2 aromatic heterocycles. The Morgan fingerprint density at radius 2 is 2.03 bits per heavy atom. The van der Waals surface area contributed by atoms with Crippen LogP contribution in [0.2, 0.25) is 0 Å². The van der Waals surface area contributed by atoms with Gasteiger partial charge in [-0.25, -0.2) is 4.98 Å². The zero-order valence-electron chi connectivity index (χ0n) is 18.8. The van der Waals surface area contributed by atoms with Gasteiger partial charge < -0.3 is 20.3 Å². The van der Waals surface area contributed by atoms with Gasteiger partial charge in [-0.1, -0.05) is 12.1 Å². The average Bonchev–Trinajstić information content (AvgIpc) is 3.30. The second kappa shape index (κ2) is 10.1. The Balaban J connectivity index is 1.24. The quantitative estimate of drug-likeness (QED) is 0.504. The smallest absolute Gasteiger partial charge is 0.275 e. The fourth-order valence-electron chi connectivity index (χ4n) is 4.91. The van der Waals surface area contributed by atoms with Crippen LogP contribution in [0.3, 0.4) is 0 Å². The van der Waals surface area contributed by atoms with E-state index in [2.05, 4.69) is 67.8 Å². The Morgan fingerprint density at radius 3 is 2.82 bits per heavy atom. The lowest BCUT2D eigenvalue weighted by molar-refractivity contribution is 0.215. The van der Waals surface area contributed by atoms with Crippen LogP contribution in [0, 0.1) is 5.92 Å². The normalized spacial score (nSPS) is 22.5. The van der Waals surface area contributed by atoms with Crippen molar-refractivity contribution in [2.75, 3.05) is 45.2 Å². The minimum atomic E-state index is -0.0791. The van der Waals surface area contributed by atoms with Crippen LogP contribution in [0.4, 0.5) is 5.82 Å². The summed E-state index contributed by atoms with van der Waals surface area (Å²) in [6, 6.07) is 8.83. The highest BCUT2D eigenvalue weighted by Gasteiger charge is 2.27. The molecule has 5 rings (SSSR count). The molecule has 2 atom stereocenters. The number of thiazole rings is 1. The summed E-state index contributed by atoms with van der Waals surface area (Å²) in [5.41, 5.74) is 1.24. The predicted octanol–water partition coefficient (Wildman–Crippen LogP) is 3.80. The number of nitrogens with one attached hydrogen (secondary N) is 2. The van der Waals surface area contributed by atoms with Crippen molar-refractivity contribution < 1.29 is 4.74 Å². The summed E-state index contributed by atoms with van der Waals surface area (Å²) in [7, 11) is 2.15. The van der Waals surface area contributed by atoms with Gasteiger partial charge in [0.05, 0.1) is 6.61 Å². The molecule has 0 saturated carbocycles. The maximum Gasteiger partial charge on any atom is 0.275 e. The van der Waals surface area contributed by atoms with E-state index in [0.717, 1.165) is 45.0 Å². The molecule has 0 bridgehead atoms. The molecular formula is C24H30BrN5O2S. The average molecular weight is 533 g/mol. The van der Waals surface area contributed by atoms with Gasteiger partial charge in [0.2, 0.25) is 0 Å². The summed E-state index contributed by atoms with van der Waals surface area (Å²) < 4.78 is 8.13. The van der Waals surface area contributed by atoms with Crippen molar-refractivity contribution in [2.45, 2.75) is 31.2 Å². The lowest BCUT2D eigenvalue weighted by Crippen LogP contribution is -2.43.